The van der Waals surface area contributed by atoms with E-state index in [1.807, 2.05) is 17.3 Å². The van der Waals surface area contributed by atoms with Gasteiger partial charge in [-0.3, -0.25) is 24.5 Å². The Morgan fingerprint density at radius 1 is 1.21 bits per heavy atom. The van der Waals surface area contributed by atoms with Gasteiger partial charge >= 0.3 is 0 Å². The smallest absolute Gasteiger partial charge is 0.234 e. The van der Waals surface area contributed by atoms with Gasteiger partial charge in [-0.25, -0.2) is 0 Å². The van der Waals surface area contributed by atoms with Crippen LogP contribution < -0.4 is 5.32 Å². The molecule has 2 saturated heterocycles. The molecule has 7 heteroatoms. The maximum atomic E-state index is 11.4. The van der Waals surface area contributed by atoms with Gasteiger partial charge in [0, 0.05) is 45.8 Å². The highest BCUT2D eigenvalue weighted by Crippen LogP contribution is 2.20. The molecule has 0 saturated carbocycles. The number of nitrogens with zero attached hydrogens (tertiary/aromatic N) is 4. The van der Waals surface area contributed by atoms with Crippen molar-refractivity contribution in [3.8, 4) is 0 Å². The molecule has 1 aromatic rings. The number of hydrogen-bond donors (Lipinski definition) is 1. The van der Waals surface area contributed by atoms with Gasteiger partial charge in [0.1, 0.15) is 0 Å². The molecule has 0 aliphatic carbocycles. The van der Waals surface area contributed by atoms with E-state index in [4.69, 9.17) is 0 Å². The van der Waals surface area contributed by atoms with E-state index in [0.29, 0.717) is 25.6 Å². The summed E-state index contributed by atoms with van der Waals surface area (Å²) in [6.07, 6.45) is 6.67. The van der Waals surface area contributed by atoms with Crippen molar-refractivity contribution in [3.05, 3.63) is 23.8 Å². The number of carbonyl (C=O) groups is 2. The van der Waals surface area contributed by atoms with Crippen molar-refractivity contribution in [1.82, 2.24) is 25.1 Å². The lowest BCUT2D eigenvalue weighted by molar-refractivity contribution is -0.130. The van der Waals surface area contributed by atoms with Gasteiger partial charge in [0.2, 0.25) is 11.8 Å². The average Bonchev–Trinajstić information content (AvgIpc) is 2.57. The number of amides is 2. The van der Waals surface area contributed by atoms with Gasteiger partial charge in [-0.15, -0.1) is 0 Å². The first-order chi connectivity index (χ1) is 11.6. The molecule has 0 atom stereocenters. The second-order valence-electron chi connectivity index (χ2n) is 6.71. The van der Waals surface area contributed by atoms with Crippen molar-refractivity contribution < 1.29 is 9.59 Å². The van der Waals surface area contributed by atoms with Gasteiger partial charge < -0.3 is 10.2 Å². The fourth-order valence-corrected chi connectivity index (χ4v) is 3.37. The lowest BCUT2D eigenvalue weighted by Gasteiger charge is -2.31. The largest absolute Gasteiger partial charge is 0.354 e. The van der Waals surface area contributed by atoms with Crippen LogP contribution in [-0.4, -0.2) is 64.3 Å². The summed E-state index contributed by atoms with van der Waals surface area (Å²) in [6.45, 7) is 5.98. The number of likely N-dealkylation sites (tertiary alicyclic amines) is 1. The van der Waals surface area contributed by atoms with Crippen LogP contribution in [0.2, 0.25) is 0 Å². The molecule has 24 heavy (non-hydrogen) atoms. The summed E-state index contributed by atoms with van der Waals surface area (Å²) >= 11 is 0. The summed E-state index contributed by atoms with van der Waals surface area (Å²) in [7, 11) is 0. The van der Waals surface area contributed by atoms with Crippen LogP contribution in [0.1, 0.15) is 31.2 Å². The van der Waals surface area contributed by atoms with Crippen LogP contribution in [-0.2, 0) is 22.6 Å². The van der Waals surface area contributed by atoms with Gasteiger partial charge in [-0.2, -0.15) is 0 Å². The SMILES string of the molecule is CC(=O)N1CCC(Cc2cnc(CN3CCNC(=O)C3)cn2)CC1. The molecule has 7 nitrogen and oxygen atoms in total. The Labute approximate surface area is 142 Å². The van der Waals surface area contributed by atoms with Crippen LogP contribution in [0.3, 0.4) is 0 Å². The fourth-order valence-electron chi connectivity index (χ4n) is 3.37. The zero-order chi connectivity index (χ0) is 16.9. The van der Waals surface area contributed by atoms with E-state index in [-0.39, 0.29) is 11.8 Å². The summed E-state index contributed by atoms with van der Waals surface area (Å²) in [5, 5.41) is 2.82. The van der Waals surface area contributed by atoms with Gasteiger partial charge in [0.05, 0.1) is 24.1 Å². The molecule has 0 radical (unpaired) electrons. The molecule has 1 N–H and O–H groups in total. The average molecular weight is 331 g/mol. The molecular formula is C17H25N5O2. The maximum absolute atomic E-state index is 11.4. The number of piperidine rings is 1. The molecule has 2 amide bonds. The van der Waals surface area contributed by atoms with Gasteiger partial charge in [0.25, 0.3) is 0 Å². The molecule has 2 aliphatic rings. The number of piperazine rings is 1. The Balaban J connectivity index is 1.48. The van der Waals surface area contributed by atoms with E-state index >= 15 is 0 Å². The molecule has 130 valence electrons. The fraction of sp³-hybridized carbons (Fsp3) is 0.647. The van der Waals surface area contributed by atoms with E-state index in [1.54, 1.807) is 6.92 Å². The van der Waals surface area contributed by atoms with Crippen LogP contribution in [0.25, 0.3) is 0 Å². The van der Waals surface area contributed by atoms with E-state index < -0.39 is 0 Å². The number of carbonyl (C=O) groups excluding carboxylic acids is 2. The van der Waals surface area contributed by atoms with Crippen molar-refractivity contribution in [2.24, 2.45) is 5.92 Å². The standard InChI is InChI=1S/C17H25N5O2/c1-13(23)22-5-2-14(3-6-22)8-15-9-20-16(10-19-15)11-21-7-4-18-17(24)12-21/h9-10,14H,2-8,11-12H2,1H3,(H,18,24). The molecule has 0 spiro atoms. The Morgan fingerprint density at radius 2 is 1.92 bits per heavy atom. The first kappa shape index (κ1) is 16.8. The molecule has 3 heterocycles. The molecule has 0 bridgehead atoms. The first-order valence-electron chi connectivity index (χ1n) is 8.64. The number of nitrogens with one attached hydrogen (secondary N) is 1. The predicted octanol–water partition coefficient (Wildman–Crippen LogP) is 0.209. The Hall–Kier alpha value is -2.02. The Kier molecular flexibility index (Phi) is 5.40. The maximum Gasteiger partial charge on any atom is 0.234 e. The van der Waals surface area contributed by atoms with E-state index in [0.717, 1.165) is 50.3 Å². The van der Waals surface area contributed by atoms with Crippen molar-refractivity contribution >= 4 is 11.8 Å². The highest BCUT2D eigenvalue weighted by atomic mass is 16.2. The molecule has 0 aromatic carbocycles. The minimum Gasteiger partial charge on any atom is -0.354 e. The van der Waals surface area contributed by atoms with Crippen molar-refractivity contribution in [1.29, 1.82) is 0 Å². The van der Waals surface area contributed by atoms with Gasteiger partial charge in [-0.05, 0) is 25.2 Å². The second kappa shape index (κ2) is 7.70. The van der Waals surface area contributed by atoms with Gasteiger partial charge in [-0.1, -0.05) is 0 Å². The van der Waals surface area contributed by atoms with E-state index in [1.165, 1.54) is 0 Å². The minimum atomic E-state index is 0.0720. The minimum absolute atomic E-state index is 0.0720. The monoisotopic (exact) mass is 331 g/mol. The quantitative estimate of drug-likeness (QED) is 0.853. The lowest BCUT2D eigenvalue weighted by Crippen LogP contribution is -2.47. The molecule has 3 rings (SSSR count). The predicted molar refractivity (Wildman–Crippen MR) is 89.0 cm³/mol. The zero-order valence-electron chi connectivity index (χ0n) is 14.2. The van der Waals surface area contributed by atoms with Crippen molar-refractivity contribution in [2.45, 2.75) is 32.7 Å². The second-order valence-corrected chi connectivity index (χ2v) is 6.71. The normalized spacial score (nSPS) is 20.0. The molecular weight excluding hydrogens is 306 g/mol. The summed E-state index contributed by atoms with van der Waals surface area (Å²) < 4.78 is 0. The number of rotatable bonds is 4. The summed E-state index contributed by atoms with van der Waals surface area (Å²) in [6, 6.07) is 0. The zero-order valence-corrected chi connectivity index (χ0v) is 14.2. The third kappa shape index (κ3) is 4.50. The molecule has 1 aromatic heterocycles. The lowest BCUT2D eigenvalue weighted by atomic mass is 9.92. The summed E-state index contributed by atoms with van der Waals surface area (Å²) in [4.78, 5) is 35.8. The van der Waals surface area contributed by atoms with Gasteiger partial charge in [0.15, 0.2) is 0 Å². The number of aromatic nitrogens is 2. The summed E-state index contributed by atoms with van der Waals surface area (Å²) in [5.41, 5.74) is 1.91. The van der Waals surface area contributed by atoms with Crippen LogP contribution in [0.4, 0.5) is 0 Å². The third-order valence-electron chi connectivity index (χ3n) is 4.82. The Bertz CT molecular complexity index is 581. The van der Waals surface area contributed by atoms with Crippen LogP contribution in [0, 0.1) is 5.92 Å². The highest BCUT2D eigenvalue weighted by Gasteiger charge is 2.21. The van der Waals surface area contributed by atoms with Crippen molar-refractivity contribution in [2.75, 3.05) is 32.7 Å². The van der Waals surface area contributed by atoms with Crippen molar-refractivity contribution in [3.63, 3.8) is 0 Å². The molecule has 2 fully saturated rings. The Morgan fingerprint density at radius 3 is 2.54 bits per heavy atom. The molecule has 0 unspecified atom stereocenters. The van der Waals surface area contributed by atoms with Crippen LogP contribution >= 0.6 is 0 Å². The third-order valence-corrected chi connectivity index (χ3v) is 4.82. The first-order valence-corrected chi connectivity index (χ1v) is 8.64. The van der Waals surface area contributed by atoms with E-state index in [2.05, 4.69) is 20.2 Å². The van der Waals surface area contributed by atoms with E-state index in [9.17, 15) is 9.59 Å². The highest BCUT2D eigenvalue weighted by molar-refractivity contribution is 5.78. The number of hydrogen-bond acceptors (Lipinski definition) is 5. The topological polar surface area (TPSA) is 78.4 Å². The molecule has 2 aliphatic heterocycles. The van der Waals surface area contributed by atoms with Crippen LogP contribution in [0.5, 0.6) is 0 Å². The van der Waals surface area contributed by atoms with Crippen LogP contribution in [0.15, 0.2) is 12.4 Å². The summed E-state index contributed by atoms with van der Waals surface area (Å²) in [5.74, 6) is 0.818.